The lowest BCUT2D eigenvalue weighted by Crippen LogP contribution is -2.15. The van der Waals surface area contributed by atoms with Crippen molar-refractivity contribution >= 4 is 22.4 Å². The number of imidazole rings is 1. The number of rotatable bonds is 3. The second-order valence-corrected chi connectivity index (χ2v) is 5.25. The Hall–Kier alpha value is -2.16. The molecule has 3 rings (SSSR count). The van der Waals surface area contributed by atoms with Crippen LogP contribution in [0.2, 0.25) is 0 Å². The summed E-state index contributed by atoms with van der Waals surface area (Å²) in [6.07, 6.45) is -2.77. The average Bonchev–Trinajstić information content (AvgIpc) is 3.03. The molecule has 0 spiro atoms. The van der Waals surface area contributed by atoms with Gasteiger partial charge in [0.2, 0.25) is 0 Å². The Morgan fingerprint density at radius 3 is 2.76 bits per heavy atom. The summed E-state index contributed by atoms with van der Waals surface area (Å²) in [7, 11) is 0. The Morgan fingerprint density at radius 1 is 1.38 bits per heavy atom. The number of aromatic amines is 1. The minimum atomic E-state index is -2.77. The fourth-order valence-corrected chi connectivity index (χ4v) is 2.91. The molecule has 5 nitrogen and oxygen atoms in total. The van der Waals surface area contributed by atoms with E-state index < -0.39 is 22.9 Å². The van der Waals surface area contributed by atoms with E-state index in [1.807, 2.05) is 0 Å². The maximum atomic E-state index is 14.2. The zero-order chi connectivity index (χ0) is 15.1. The van der Waals surface area contributed by atoms with Gasteiger partial charge in [-0.15, -0.1) is 10.2 Å². The number of nitrogens with one attached hydrogen (secondary N) is 1. The van der Waals surface area contributed by atoms with Crippen LogP contribution in [0.5, 0.6) is 0 Å². The van der Waals surface area contributed by atoms with Crippen LogP contribution >= 0.6 is 11.3 Å². The normalized spacial score (nSPS) is 11.7. The van der Waals surface area contributed by atoms with Gasteiger partial charge in [-0.2, -0.15) is 0 Å². The predicted molar refractivity (Wildman–Crippen MR) is 72.1 cm³/mol. The Kier molecular flexibility index (Phi) is 3.28. The number of aryl methyl sites for hydroxylation is 1. The van der Waals surface area contributed by atoms with Gasteiger partial charge in [-0.3, -0.25) is 4.57 Å². The number of nitrogens with zero attached hydrogens (tertiary/aromatic N) is 3. The molecule has 2 aromatic heterocycles. The van der Waals surface area contributed by atoms with Crippen LogP contribution in [0.1, 0.15) is 18.4 Å². The van der Waals surface area contributed by atoms with E-state index >= 15 is 0 Å². The molecule has 0 bridgehead atoms. The molecule has 0 aliphatic heterocycles. The molecular weight excluding hydrogens is 305 g/mol. The highest BCUT2D eigenvalue weighted by atomic mass is 32.1. The summed E-state index contributed by atoms with van der Waals surface area (Å²) in [6, 6.07) is 2.59. The summed E-state index contributed by atoms with van der Waals surface area (Å²) < 4.78 is 40.7. The van der Waals surface area contributed by atoms with Crippen LogP contribution in [0.4, 0.5) is 13.2 Å². The maximum Gasteiger partial charge on any atom is 0.326 e. The third-order valence-electron chi connectivity index (χ3n) is 3.04. The highest BCUT2D eigenvalue weighted by Crippen LogP contribution is 2.34. The molecule has 0 atom stereocenters. The van der Waals surface area contributed by atoms with Crippen molar-refractivity contribution < 1.29 is 13.2 Å². The Balaban J connectivity index is 2.34. The van der Waals surface area contributed by atoms with Crippen LogP contribution < -0.4 is 5.69 Å². The lowest BCUT2D eigenvalue weighted by molar-refractivity contribution is 0.150. The van der Waals surface area contributed by atoms with Crippen LogP contribution in [0.3, 0.4) is 0 Å². The largest absolute Gasteiger partial charge is 0.326 e. The van der Waals surface area contributed by atoms with Gasteiger partial charge in [0, 0.05) is 6.54 Å². The third kappa shape index (κ3) is 2.13. The van der Waals surface area contributed by atoms with E-state index in [0.717, 1.165) is 6.07 Å². The molecule has 0 amide bonds. The molecule has 0 fully saturated rings. The minimum absolute atomic E-state index is 0.0112. The van der Waals surface area contributed by atoms with Crippen molar-refractivity contribution in [3.63, 3.8) is 0 Å². The van der Waals surface area contributed by atoms with Crippen LogP contribution in [0, 0.1) is 5.82 Å². The first kappa shape index (κ1) is 13.8. The molecule has 1 aromatic carbocycles. The van der Waals surface area contributed by atoms with Crippen molar-refractivity contribution in [2.75, 3.05) is 0 Å². The van der Waals surface area contributed by atoms with Gasteiger partial charge < -0.3 is 4.98 Å². The Bertz CT molecular complexity index is 867. The van der Waals surface area contributed by atoms with Gasteiger partial charge in [0.1, 0.15) is 5.82 Å². The van der Waals surface area contributed by atoms with E-state index in [1.54, 1.807) is 6.92 Å². The first-order chi connectivity index (χ1) is 10.0. The molecule has 2 heterocycles. The van der Waals surface area contributed by atoms with Crippen LogP contribution in [0.25, 0.3) is 21.6 Å². The number of halogens is 3. The topological polar surface area (TPSA) is 63.6 Å². The number of fused-ring (bicyclic) bond motifs is 1. The molecule has 0 radical (unpaired) electrons. The number of benzene rings is 1. The quantitative estimate of drug-likeness (QED) is 0.808. The molecule has 0 unspecified atom stereocenters. The molecule has 1 N–H and O–H groups in total. The number of alkyl halides is 2. The predicted octanol–water partition coefficient (Wildman–Crippen LogP) is 2.94. The van der Waals surface area contributed by atoms with Crippen molar-refractivity contribution in [2.45, 2.75) is 19.9 Å². The van der Waals surface area contributed by atoms with Gasteiger partial charge in [-0.1, -0.05) is 11.3 Å². The van der Waals surface area contributed by atoms with Gasteiger partial charge in [-0.25, -0.2) is 18.0 Å². The zero-order valence-electron chi connectivity index (χ0n) is 10.7. The molecule has 0 saturated heterocycles. The molecular formula is C12H9F3N4OS. The van der Waals surface area contributed by atoms with E-state index in [1.165, 1.54) is 10.6 Å². The second kappa shape index (κ2) is 4.99. The van der Waals surface area contributed by atoms with Crippen molar-refractivity contribution in [3.05, 3.63) is 33.4 Å². The van der Waals surface area contributed by atoms with E-state index in [2.05, 4.69) is 15.2 Å². The van der Waals surface area contributed by atoms with E-state index in [9.17, 15) is 18.0 Å². The molecule has 3 aromatic rings. The van der Waals surface area contributed by atoms with Crippen molar-refractivity contribution in [3.8, 4) is 10.6 Å². The van der Waals surface area contributed by atoms with Crippen molar-refractivity contribution in [1.29, 1.82) is 0 Å². The Morgan fingerprint density at radius 2 is 2.14 bits per heavy atom. The highest BCUT2D eigenvalue weighted by Gasteiger charge is 2.21. The van der Waals surface area contributed by atoms with Crippen molar-refractivity contribution in [2.24, 2.45) is 0 Å². The zero-order valence-corrected chi connectivity index (χ0v) is 11.5. The third-order valence-corrected chi connectivity index (χ3v) is 3.99. The highest BCUT2D eigenvalue weighted by molar-refractivity contribution is 7.14. The fraction of sp³-hybridized carbons (Fsp3) is 0.250. The van der Waals surface area contributed by atoms with Gasteiger partial charge in [0.05, 0.1) is 16.6 Å². The molecule has 110 valence electrons. The summed E-state index contributed by atoms with van der Waals surface area (Å²) in [6.45, 7) is 2.05. The number of H-pyrrole nitrogens is 1. The smallest absolute Gasteiger partial charge is 0.306 e. The van der Waals surface area contributed by atoms with Crippen LogP contribution in [-0.4, -0.2) is 19.7 Å². The number of hydrogen-bond acceptors (Lipinski definition) is 4. The summed E-state index contributed by atoms with van der Waals surface area (Å²) in [5.74, 6) is -0.638. The molecule has 0 saturated carbocycles. The van der Waals surface area contributed by atoms with E-state index in [0.29, 0.717) is 28.9 Å². The lowest BCUT2D eigenvalue weighted by atomic mass is 10.1. The monoisotopic (exact) mass is 314 g/mol. The average molecular weight is 314 g/mol. The van der Waals surface area contributed by atoms with E-state index in [4.69, 9.17) is 0 Å². The van der Waals surface area contributed by atoms with E-state index in [-0.39, 0.29) is 10.6 Å². The minimum Gasteiger partial charge on any atom is -0.306 e. The first-order valence-electron chi connectivity index (χ1n) is 6.05. The molecule has 0 aliphatic carbocycles. The molecule has 21 heavy (non-hydrogen) atoms. The number of aromatic nitrogens is 4. The van der Waals surface area contributed by atoms with Gasteiger partial charge >= 0.3 is 5.69 Å². The van der Waals surface area contributed by atoms with Gasteiger partial charge in [-0.05, 0) is 19.1 Å². The Labute approximate surface area is 120 Å². The van der Waals surface area contributed by atoms with Crippen molar-refractivity contribution in [1.82, 2.24) is 19.7 Å². The second-order valence-electron chi connectivity index (χ2n) is 4.24. The van der Waals surface area contributed by atoms with Crippen LogP contribution in [-0.2, 0) is 6.54 Å². The summed E-state index contributed by atoms with van der Waals surface area (Å²) in [5.41, 5.74) is 0.349. The first-order valence-corrected chi connectivity index (χ1v) is 6.87. The van der Waals surface area contributed by atoms with Crippen LogP contribution in [0.15, 0.2) is 16.9 Å². The summed E-state index contributed by atoms with van der Waals surface area (Å²) in [5, 5.41) is 6.52. The standard InChI is InChI=1S/C12H9F3N4OS/c1-2-19-8-6(16-12(19)20)4-3-5(13)7(8)10-17-18-11(21-10)9(14)15/h3-4,9H,2H2,1H3,(H,16,20). The molecule has 0 aliphatic rings. The van der Waals surface area contributed by atoms with Gasteiger partial charge in [0.15, 0.2) is 10.0 Å². The molecule has 9 heteroatoms. The van der Waals surface area contributed by atoms with Gasteiger partial charge in [0.25, 0.3) is 6.43 Å². The SMILES string of the molecule is CCn1c(=O)[nH]c2ccc(F)c(-c3nnc(C(F)F)s3)c21. The summed E-state index contributed by atoms with van der Waals surface area (Å²) >= 11 is 0.610. The number of hydrogen-bond donors (Lipinski definition) is 1. The summed E-state index contributed by atoms with van der Waals surface area (Å²) in [4.78, 5) is 14.4. The maximum absolute atomic E-state index is 14.2. The fourth-order valence-electron chi connectivity index (χ4n) is 2.16. The lowest BCUT2D eigenvalue weighted by Gasteiger charge is -2.04.